The molecule has 0 heterocycles. The van der Waals surface area contributed by atoms with Crippen molar-refractivity contribution < 1.29 is 14.2 Å². The highest BCUT2D eigenvalue weighted by Gasteiger charge is 2.15. The second-order valence-electron chi connectivity index (χ2n) is 12.3. The van der Waals surface area contributed by atoms with Gasteiger partial charge in [-0.1, -0.05) is 66.2 Å². The molecule has 0 aliphatic rings. The van der Waals surface area contributed by atoms with E-state index >= 15 is 0 Å². The second kappa shape index (κ2) is 15.0. The summed E-state index contributed by atoms with van der Waals surface area (Å²) in [5, 5.41) is 0. The molecule has 7 aromatic rings. The molecule has 51 heavy (non-hydrogen) atoms. The summed E-state index contributed by atoms with van der Waals surface area (Å²) in [5.41, 5.74) is 12.3. The highest BCUT2D eigenvalue weighted by Crippen LogP contribution is 2.39. The minimum Gasteiger partial charge on any atom is -0.497 e. The molecule has 0 atom stereocenters. The van der Waals surface area contributed by atoms with Gasteiger partial charge in [0.15, 0.2) is 0 Å². The van der Waals surface area contributed by atoms with E-state index in [1.807, 2.05) is 36.4 Å². The summed E-state index contributed by atoms with van der Waals surface area (Å²) in [6.45, 7) is 2.11. The van der Waals surface area contributed by atoms with Gasteiger partial charge < -0.3 is 24.0 Å². The van der Waals surface area contributed by atoms with Gasteiger partial charge in [0.05, 0.1) is 21.3 Å². The zero-order chi connectivity index (χ0) is 35.2. The fourth-order valence-electron chi connectivity index (χ4n) is 6.24. The molecule has 0 aliphatic carbocycles. The first-order valence-corrected chi connectivity index (χ1v) is 16.9. The van der Waals surface area contributed by atoms with Crippen molar-refractivity contribution in [2.24, 2.45) is 0 Å². The van der Waals surface area contributed by atoms with Crippen molar-refractivity contribution >= 4 is 34.1 Å². The highest BCUT2D eigenvalue weighted by atomic mass is 16.5. The molecule has 0 radical (unpaired) electrons. The van der Waals surface area contributed by atoms with Crippen LogP contribution < -0.4 is 24.0 Å². The first-order chi connectivity index (χ1) is 25.0. The Hall–Kier alpha value is -6.46. The van der Waals surface area contributed by atoms with Gasteiger partial charge in [-0.3, -0.25) is 0 Å². The Bertz CT molecular complexity index is 2110. The lowest BCUT2D eigenvalue weighted by atomic mass is 9.99. The van der Waals surface area contributed by atoms with Gasteiger partial charge in [0.25, 0.3) is 0 Å². The van der Waals surface area contributed by atoms with Crippen LogP contribution in [0.25, 0.3) is 22.3 Å². The summed E-state index contributed by atoms with van der Waals surface area (Å²) in [5.74, 6) is 2.48. The summed E-state index contributed by atoms with van der Waals surface area (Å²) in [7, 11) is 5.06. The van der Waals surface area contributed by atoms with Crippen molar-refractivity contribution in [3.8, 4) is 39.5 Å². The Morgan fingerprint density at radius 3 is 0.706 bits per heavy atom. The molecule has 5 heteroatoms. The number of benzene rings is 7. The molecule has 7 aromatic carbocycles. The molecule has 0 aromatic heterocycles. The zero-order valence-corrected chi connectivity index (χ0v) is 29.3. The number of hydrogen-bond donors (Lipinski definition) is 0. The fraction of sp³-hybridized carbons (Fsp3) is 0.0870. The zero-order valence-electron chi connectivity index (χ0n) is 29.3. The average molecular weight is 669 g/mol. The molecule has 0 amide bonds. The molecule has 0 bridgehead atoms. The Balaban J connectivity index is 1.12. The Labute approximate surface area is 300 Å². The van der Waals surface area contributed by atoms with Gasteiger partial charge in [0, 0.05) is 34.1 Å². The van der Waals surface area contributed by atoms with Crippen molar-refractivity contribution in [2.45, 2.75) is 6.92 Å². The molecule has 7 rings (SSSR count). The number of methoxy groups -OCH3 is 3. The number of rotatable bonds is 11. The van der Waals surface area contributed by atoms with Crippen LogP contribution in [0.3, 0.4) is 0 Å². The minimum absolute atomic E-state index is 0.820. The first kappa shape index (κ1) is 33.1. The SMILES string of the molecule is COc1ccc(N(c2ccc(C)cc2)c2ccc(-c3ccc(-c4ccc(N(c5ccc(OC)cc5)c5ccc(OC)cc5)cc4)cc3)cc2)cc1. The van der Waals surface area contributed by atoms with Crippen LogP contribution in [-0.4, -0.2) is 21.3 Å². The summed E-state index contributed by atoms with van der Waals surface area (Å²) in [6, 6.07) is 59.2. The van der Waals surface area contributed by atoms with Crippen LogP contribution in [0.4, 0.5) is 34.1 Å². The van der Waals surface area contributed by atoms with Crippen molar-refractivity contribution in [3.05, 3.63) is 175 Å². The fourth-order valence-corrected chi connectivity index (χ4v) is 6.24. The Morgan fingerprint density at radius 2 is 0.471 bits per heavy atom. The predicted molar refractivity (Wildman–Crippen MR) is 211 cm³/mol. The average Bonchev–Trinajstić information content (AvgIpc) is 3.20. The van der Waals surface area contributed by atoms with Crippen LogP contribution >= 0.6 is 0 Å². The predicted octanol–water partition coefficient (Wildman–Crippen LogP) is 12.3. The maximum atomic E-state index is 5.41. The van der Waals surface area contributed by atoms with Crippen LogP contribution in [0.1, 0.15) is 5.56 Å². The van der Waals surface area contributed by atoms with Crippen LogP contribution in [0, 0.1) is 6.92 Å². The van der Waals surface area contributed by atoms with E-state index in [0.29, 0.717) is 0 Å². The van der Waals surface area contributed by atoms with E-state index in [2.05, 4.69) is 150 Å². The number of ether oxygens (including phenoxy) is 3. The third-order valence-electron chi connectivity index (χ3n) is 9.09. The van der Waals surface area contributed by atoms with E-state index < -0.39 is 0 Å². The van der Waals surface area contributed by atoms with Crippen molar-refractivity contribution in [3.63, 3.8) is 0 Å². The Kier molecular flexibility index (Phi) is 9.71. The van der Waals surface area contributed by atoms with Gasteiger partial charge in [0.2, 0.25) is 0 Å². The number of aryl methyl sites for hydroxylation is 1. The van der Waals surface area contributed by atoms with E-state index in [0.717, 1.165) is 68.1 Å². The lowest BCUT2D eigenvalue weighted by molar-refractivity contribution is 0.414. The molecule has 0 saturated heterocycles. The van der Waals surface area contributed by atoms with E-state index in [4.69, 9.17) is 14.2 Å². The third-order valence-corrected chi connectivity index (χ3v) is 9.09. The largest absolute Gasteiger partial charge is 0.497 e. The number of nitrogens with zero attached hydrogens (tertiary/aromatic N) is 2. The van der Waals surface area contributed by atoms with Crippen molar-refractivity contribution in [1.29, 1.82) is 0 Å². The topological polar surface area (TPSA) is 34.2 Å². The smallest absolute Gasteiger partial charge is 0.119 e. The van der Waals surface area contributed by atoms with Crippen LogP contribution in [-0.2, 0) is 0 Å². The van der Waals surface area contributed by atoms with Gasteiger partial charge in [-0.15, -0.1) is 0 Å². The van der Waals surface area contributed by atoms with Crippen molar-refractivity contribution in [1.82, 2.24) is 0 Å². The summed E-state index contributed by atoms with van der Waals surface area (Å²) < 4.78 is 16.2. The molecule has 0 spiro atoms. The molecule has 252 valence electrons. The van der Waals surface area contributed by atoms with E-state index in [-0.39, 0.29) is 0 Å². The van der Waals surface area contributed by atoms with E-state index in [1.54, 1.807) is 21.3 Å². The second-order valence-corrected chi connectivity index (χ2v) is 12.3. The molecule has 0 unspecified atom stereocenters. The maximum absolute atomic E-state index is 5.41. The maximum Gasteiger partial charge on any atom is 0.119 e. The standard InChI is InChI=1S/C46H40N2O3/c1-33-5-15-38(16-6-33)47(41-21-27-44(49-2)28-22-41)39-17-11-36(12-18-39)34-7-9-35(10-8-34)37-13-19-40(20-14-37)48(42-23-29-45(50-3)30-24-42)43-25-31-46(51-4)32-26-43/h5-32H,1-4H3. The molecule has 0 aliphatic heterocycles. The molecular weight excluding hydrogens is 629 g/mol. The van der Waals surface area contributed by atoms with E-state index in [1.165, 1.54) is 11.1 Å². The lowest BCUT2D eigenvalue weighted by Gasteiger charge is -2.26. The molecular formula is C46H40N2O3. The quantitative estimate of drug-likeness (QED) is 0.137. The van der Waals surface area contributed by atoms with Crippen molar-refractivity contribution in [2.75, 3.05) is 31.1 Å². The minimum atomic E-state index is 0.820. The third kappa shape index (κ3) is 7.29. The van der Waals surface area contributed by atoms with Gasteiger partial charge in [-0.2, -0.15) is 0 Å². The number of hydrogen-bond acceptors (Lipinski definition) is 5. The summed E-state index contributed by atoms with van der Waals surface area (Å²) in [6.07, 6.45) is 0. The van der Waals surface area contributed by atoms with Gasteiger partial charge >= 0.3 is 0 Å². The van der Waals surface area contributed by atoms with Crippen LogP contribution in [0.5, 0.6) is 17.2 Å². The molecule has 0 N–H and O–H groups in total. The molecule has 0 saturated carbocycles. The summed E-state index contributed by atoms with van der Waals surface area (Å²) in [4.78, 5) is 4.49. The molecule has 0 fully saturated rings. The van der Waals surface area contributed by atoms with Crippen LogP contribution in [0.15, 0.2) is 170 Å². The van der Waals surface area contributed by atoms with Crippen LogP contribution in [0.2, 0.25) is 0 Å². The van der Waals surface area contributed by atoms with Gasteiger partial charge in [0.1, 0.15) is 17.2 Å². The Morgan fingerprint density at radius 1 is 0.275 bits per heavy atom. The van der Waals surface area contributed by atoms with Gasteiger partial charge in [-0.25, -0.2) is 0 Å². The lowest BCUT2D eigenvalue weighted by Crippen LogP contribution is -2.09. The normalized spacial score (nSPS) is 10.7. The summed E-state index contributed by atoms with van der Waals surface area (Å²) >= 11 is 0. The van der Waals surface area contributed by atoms with E-state index in [9.17, 15) is 0 Å². The highest BCUT2D eigenvalue weighted by molar-refractivity contribution is 5.81. The number of anilines is 6. The van der Waals surface area contributed by atoms with Gasteiger partial charge in [-0.05, 0) is 138 Å². The monoisotopic (exact) mass is 668 g/mol. The first-order valence-electron chi connectivity index (χ1n) is 16.9. The molecule has 5 nitrogen and oxygen atoms in total.